The highest BCUT2D eigenvalue weighted by molar-refractivity contribution is 6.12. The van der Waals surface area contributed by atoms with Crippen LogP contribution in [0.3, 0.4) is 0 Å². The molecular weight excluding hydrogens is 803 g/mol. The highest BCUT2D eigenvalue weighted by Crippen LogP contribution is 2.41. The second-order valence-corrected chi connectivity index (χ2v) is 15.3. The Hall–Kier alpha value is -6.61. The molecule has 0 unspecified atom stereocenters. The molecule has 0 fully saturated rings. The number of methoxy groups -OCH3 is 3. The van der Waals surface area contributed by atoms with Crippen LogP contribution in [0.1, 0.15) is 49.4 Å². The Balaban J connectivity index is 1.00. The maximum Gasteiger partial charge on any atom is 0.260 e. The Labute approximate surface area is 367 Å². The number of carbonyl (C=O) groups is 2. The molecule has 3 aliphatic rings. The van der Waals surface area contributed by atoms with Crippen molar-refractivity contribution in [1.29, 1.82) is 0 Å². The lowest BCUT2D eigenvalue weighted by atomic mass is 10.1. The van der Waals surface area contributed by atoms with E-state index >= 15 is 0 Å². The molecule has 3 aliphatic heterocycles. The van der Waals surface area contributed by atoms with Gasteiger partial charge in [0.15, 0.2) is 23.0 Å². The van der Waals surface area contributed by atoms with Crippen LogP contribution in [0.2, 0.25) is 0 Å². The summed E-state index contributed by atoms with van der Waals surface area (Å²) >= 11 is 0. The third kappa shape index (κ3) is 10.2. The van der Waals surface area contributed by atoms with E-state index in [1.807, 2.05) is 77.8 Å². The second-order valence-electron chi connectivity index (χ2n) is 15.3. The maximum absolute atomic E-state index is 14.0. The van der Waals surface area contributed by atoms with Crippen molar-refractivity contribution in [3.05, 3.63) is 124 Å². The van der Waals surface area contributed by atoms with Gasteiger partial charge in [-0.25, -0.2) is 0 Å². The van der Waals surface area contributed by atoms with Crippen molar-refractivity contribution in [2.75, 3.05) is 88.3 Å². The van der Waals surface area contributed by atoms with Gasteiger partial charge in [0.2, 0.25) is 0 Å². The lowest BCUT2D eigenvalue weighted by Crippen LogP contribution is -2.39. The largest absolute Gasteiger partial charge is 0.493 e. The first-order chi connectivity index (χ1) is 30.9. The second kappa shape index (κ2) is 20.5. The first-order valence-electron chi connectivity index (χ1n) is 21.2. The van der Waals surface area contributed by atoms with Crippen LogP contribution in [0.4, 0.5) is 28.4 Å². The summed E-state index contributed by atoms with van der Waals surface area (Å²) in [5.41, 5.74) is 8.57. The third-order valence-electron chi connectivity index (χ3n) is 11.1. The van der Waals surface area contributed by atoms with E-state index in [9.17, 15) is 9.59 Å². The van der Waals surface area contributed by atoms with Crippen molar-refractivity contribution in [1.82, 2.24) is 0 Å². The van der Waals surface area contributed by atoms with E-state index in [1.165, 1.54) is 5.56 Å². The van der Waals surface area contributed by atoms with Crippen molar-refractivity contribution in [2.45, 2.75) is 38.5 Å². The van der Waals surface area contributed by atoms with Crippen LogP contribution in [-0.2, 0) is 40.3 Å². The number of fused-ring (bicyclic) bond motifs is 6. The third-order valence-corrected chi connectivity index (χ3v) is 11.1. The molecule has 3 N–H and O–H groups in total. The van der Waals surface area contributed by atoms with E-state index in [2.05, 4.69) is 27.0 Å². The maximum atomic E-state index is 14.0. The lowest BCUT2D eigenvalue weighted by molar-refractivity contribution is 0.0272. The topological polar surface area (TPSA) is 150 Å². The molecule has 0 aromatic heterocycles. The standard InChI is InChI=1S/C49H53N5O9/c1-57-17-18-61-20-19-60-16-15-50-36-22-32(30-62-46-27-41-38(25-44(46)58-2)48(55)53-40-12-6-4-9-34(40)11-8-14-51-41)21-33(23-36)31-63-47-28-42-39(26-45(47)59-3)49(56)54-37(29-52-42)24-35-10-5-7-13-43(35)54/h4-7,9-10,12-14,21-23,25-28,37,50,52H,8,11,15-20,24,29-31H2,1-3H3,(H,53,55)/b51-14-/t37-/m0/s1. The Bertz CT molecular complexity index is 2460. The van der Waals surface area contributed by atoms with Gasteiger partial charge in [-0.3, -0.25) is 14.6 Å². The van der Waals surface area contributed by atoms with Crippen molar-refractivity contribution in [3.8, 4) is 23.0 Å². The minimum absolute atomic E-state index is 0.00282. The lowest BCUT2D eigenvalue weighted by Gasteiger charge is -2.22. The van der Waals surface area contributed by atoms with E-state index in [1.54, 1.807) is 39.5 Å². The average Bonchev–Trinajstić information content (AvgIpc) is 3.62. The molecule has 0 radical (unpaired) electrons. The molecule has 1 atom stereocenters. The zero-order valence-electron chi connectivity index (χ0n) is 35.9. The molecular formula is C49H53N5O9. The Morgan fingerprint density at radius 2 is 1.40 bits per heavy atom. The van der Waals surface area contributed by atoms with Gasteiger partial charge in [-0.1, -0.05) is 36.4 Å². The molecule has 5 aromatic carbocycles. The molecule has 0 spiro atoms. The van der Waals surface area contributed by atoms with Crippen LogP contribution in [0.25, 0.3) is 0 Å². The van der Waals surface area contributed by atoms with E-state index in [4.69, 9.17) is 33.2 Å². The van der Waals surface area contributed by atoms with Gasteiger partial charge in [0.1, 0.15) is 13.2 Å². The van der Waals surface area contributed by atoms with Crippen LogP contribution in [0.5, 0.6) is 23.0 Å². The van der Waals surface area contributed by atoms with Crippen LogP contribution >= 0.6 is 0 Å². The molecule has 0 saturated heterocycles. The van der Waals surface area contributed by atoms with Gasteiger partial charge in [0.05, 0.1) is 75.8 Å². The molecule has 8 rings (SSSR count). The van der Waals surface area contributed by atoms with Gasteiger partial charge in [-0.15, -0.1) is 0 Å². The van der Waals surface area contributed by atoms with E-state index < -0.39 is 0 Å². The number of carbonyl (C=O) groups excluding carboxylic acids is 2. The monoisotopic (exact) mass is 855 g/mol. The fourth-order valence-corrected chi connectivity index (χ4v) is 8.04. The SMILES string of the molecule is COCCOCCOCCNc1cc(COc2cc3c(cc2OC)C(=O)Nc2ccccc2CC/C=N\3)cc(COc2cc3c(cc2OC)C(=O)N2c4ccccc4C[C@H]2CN3)c1. The molecule has 5 aromatic rings. The summed E-state index contributed by atoms with van der Waals surface area (Å²) in [5.74, 6) is 1.44. The van der Waals surface area contributed by atoms with Crippen molar-refractivity contribution >= 4 is 46.5 Å². The van der Waals surface area contributed by atoms with E-state index in [-0.39, 0.29) is 31.1 Å². The van der Waals surface area contributed by atoms with Gasteiger partial charge in [0, 0.05) is 55.6 Å². The van der Waals surface area contributed by atoms with Gasteiger partial charge in [-0.2, -0.15) is 0 Å². The predicted molar refractivity (Wildman–Crippen MR) is 243 cm³/mol. The molecule has 3 heterocycles. The molecule has 14 heteroatoms. The zero-order valence-corrected chi connectivity index (χ0v) is 35.9. The summed E-state index contributed by atoms with van der Waals surface area (Å²) in [6.07, 6.45) is 4.06. The van der Waals surface area contributed by atoms with Crippen molar-refractivity contribution in [2.24, 2.45) is 4.99 Å². The average molecular weight is 856 g/mol. The van der Waals surface area contributed by atoms with Crippen LogP contribution < -0.4 is 39.8 Å². The van der Waals surface area contributed by atoms with Crippen LogP contribution in [0.15, 0.2) is 96.0 Å². The number of ether oxygens (including phenoxy) is 7. The minimum Gasteiger partial charge on any atom is -0.493 e. The molecule has 2 amide bonds. The Morgan fingerprint density at radius 3 is 2.16 bits per heavy atom. The number of nitrogens with zero attached hydrogens (tertiary/aromatic N) is 2. The molecule has 63 heavy (non-hydrogen) atoms. The summed E-state index contributed by atoms with van der Waals surface area (Å²) in [6.45, 7) is 3.99. The minimum atomic E-state index is -0.285. The number of anilines is 4. The predicted octanol–water partition coefficient (Wildman–Crippen LogP) is 7.85. The summed E-state index contributed by atoms with van der Waals surface area (Å²) in [7, 11) is 4.76. The molecule has 0 bridgehead atoms. The fourth-order valence-electron chi connectivity index (χ4n) is 8.04. The number of aliphatic imine (C=N–C) groups is 1. The summed E-state index contributed by atoms with van der Waals surface area (Å²) < 4.78 is 40.8. The number of aryl methyl sites for hydroxylation is 1. The summed E-state index contributed by atoms with van der Waals surface area (Å²) in [6, 6.07) is 28.9. The van der Waals surface area contributed by atoms with Gasteiger partial charge < -0.3 is 54.0 Å². The van der Waals surface area contributed by atoms with Crippen LogP contribution in [0, 0.1) is 0 Å². The number of para-hydroxylation sites is 2. The summed E-state index contributed by atoms with van der Waals surface area (Å²) in [4.78, 5) is 34.2. The molecule has 328 valence electrons. The number of hydrogen-bond acceptors (Lipinski definition) is 12. The molecule has 0 saturated carbocycles. The quantitative estimate of drug-likeness (QED) is 0.0740. The van der Waals surface area contributed by atoms with E-state index in [0.717, 1.165) is 46.6 Å². The number of benzene rings is 5. The Morgan fingerprint density at radius 1 is 0.714 bits per heavy atom. The first kappa shape index (κ1) is 43.1. The number of amides is 2. The van der Waals surface area contributed by atoms with Gasteiger partial charge in [-0.05, 0) is 84.0 Å². The first-order valence-corrected chi connectivity index (χ1v) is 21.2. The smallest absolute Gasteiger partial charge is 0.260 e. The van der Waals surface area contributed by atoms with Crippen LogP contribution in [-0.4, -0.2) is 91.5 Å². The van der Waals surface area contributed by atoms with Crippen molar-refractivity contribution in [3.63, 3.8) is 0 Å². The Kier molecular flexibility index (Phi) is 14.0. The fraction of sp³-hybridized carbons (Fsp3) is 0.327. The summed E-state index contributed by atoms with van der Waals surface area (Å²) in [5, 5.41) is 10.0. The normalized spacial score (nSPS) is 15.6. The number of nitrogens with one attached hydrogen (secondary N) is 3. The highest BCUT2D eigenvalue weighted by atomic mass is 16.5. The highest BCUT2D eigenvalue weighted by Gasteiger charge is 2.37. The van der Waals surface area contributed by atoms with Crippen molar-refractivity contribution < 1.29 is 42.7 Å². The van der Waals surface area contributed by atoms with Gasteiger partial charge in [0.25, 0.3) is 11.8 Å². The number of rotatable bonds is 18. The number of hydrogen-bond donors (Lipinski definition) is 3. The molecule has 14 nitrogen and oxygen atoms in total. The zero-order chi connectivity index (χ0) is 43.5. The van der Waals surface area contributed by atoms with E-state index in [0.29, 0.717) is 98.0 Å². The van der Waals surface area contributed by atoms with Gasteiger partial charge >= 0.3 is 0 Å². The molecule has 0 aliphatic carbocycles.